The predicted molar refractivity (Wildman–Crippen MR) is 69.2 cm³/mol. The van der Waals surface area contributed by atoms with Gasteiger partial charge in [-0.2, -0.15) is 0 Å². The van der Waals surface area contributed by atoms with Crippen molar-refractivity contribution in [3.05, 3.63) is 22.9 Å². The van der Waals surface area contributed by atoms with Gasteiger partial charge in [-0.05, 0) is 24.8 Å². The summed E-state index contributed by atoms with van der Waals surface area (Å²) in [5, 5.41) is 8.06. The number of aromatic nitrogens is 2. The highest BCUT2D eigenvalue weighted by molar-refractivity contribution is 6.29. The summed E-state index contributed by atoms with van der Waals surface area (Å²) in [6.07, 6.45) is 10.9. The summed E-state index contributed by atoms with van der Waals surface area (Å²) in [6.45, 7) is 0. The molecule has 1 aliphatic rings. The van der Waals surface area contributed by atoms with Gasteiger partial charge in [-0.3, -0.25) is 0 Å². The van der Waals surface area contributed by atoms with E-state index in [-0.39, 0.29) is 0 Å². The maximum atomic E-state index is 5.83. The van der Waals surface area contributed by atoms with Crippen LogP contribution in [0.25, 0.3) is 6.08 Å². The monoisotopic (exact) mass is 252 g/mol. The molecule has 0 aromatic carbocycles. The van der Waals surface area contributed by atoms with Gasteiger partial charge in [-0.1, -0.05) is 43.0 Å². The minimum absolute atomic E-state index is 0.397. The number of methoxy groups -OCH3 is 1. The first-order valence-electron chi connectivity index (χ1n) is 6.05. The first-order chi connectivity index (χ1) is 8.29. The van der Waals surface area contributed by atoms with Crippen molar-refractivity contribution in [3.63, 3.8) is 0 Å². The van der Waals surface area contributed by atoms with E-state index in [1.54, 1.807) is 13.2 Å². The molecule has 0 bridgehead atoms. The third kappa shape index (κ3) is 3.43. The molecule has 1 fully saturated rings. The molecule has 1 aliphatic carbocycles. The van der Waals surface area contributed by atoms with E-state index < -0.39 is 0 Å². The van der Waals surface area contributed by atoms with Gasteiger partial charge in [0.1, 0.15) is 0 Å². The van der Waals surface area contributed by atoms with Crippen molar-refractivity contribution in [3.8, 4) is 5.88 Å². The quantitative estimate of drug-likeness (QED) is 0.822. The van der Waals surface area contributed by atoms with Crippen LogP contribution in [0, 0.1) is 5.92 Å². The molecule has 4 heteroatoms. The van der Waals surface area contributed by atoms with E-state index in [1.165, 1.54) is 32.1 Å². The number of rotatable bonds is 3. The Balaban J connectivity index is 2.10. The van der Waals surface area contributed by atoms with E-state index in [1.807, 2.05) is 0 Å². The summed E-state index contributed by atoms with van der Waals surface area (Å²) in [4.78, 5) is 0. The van der Waals surface area contributed by atoms with E-state index in [9.17, 15) is 0 Å². The first-order valence-corrected chi connectivity index (χ1v) is 6.43. The molecule has 17 heavy (non-hydrogen) atoms. The van der Waals surface area contributed by atoms with Crippen molar-refractivity contribution in [1.29, 1.82) is 0 Å². The van der Waals surface area contributed by atoms with Gasteiger partial charge < -0.3 is 4.74 Å². The van der Waals surface area contributed by atoms with Gasteiger partial charge in [0.15, 0.2) is 5.15 Å². The van der Waals surface area contributed by atoms with Crippen molar-refractivity contribution < 1.29 is 4.74 Å². The molecule has 2 rings (SSSR count). The lowest BCUT2D eigenvalue weighted by molar-refractivity contribution is 0.390. The Hall–Kier alpha value is -1.09. The Morgan fingerprint density at radius 2 is 2.06 bits per heavy atom. The van der Waals surface area contributed by atoms with Crippen molar-refractivity contribution >= 4 is 17.7 Å². The topological polar surface area (TPSA) is 35.0 Å². The van der Waals surface area contributed by atoms with E-state index >= 15 is 0 Å². The summed E-state index contributed by atoms with van der Waals surface area (Å²) in [5.74, 6) is 1.21. The largest absolute Gasteiger partial charge is 0.479 e. The van der Waals surface area contributed by atoms with Gasteiger partial charge in [0.2, 0.25) is 5.88 Å². The molecule has 1 aromatic heterocycles. The molecule has 0 radical (unpaired) electrons. The van der Waals surface area contributed by atoms with Crippen LogP contribution >= 0.6 is 11.6 Å². The third-order valence-corrected chi connectivity index (χ3v) is 3.33. The zero-order chi connectivity index (χ0) is 12.1. The minimum atomic E-state index is 0.397. The molecule has 0 spiro atoms. The molecule has 92 valence electrons. The first kappa shape index (κ1) is 12.4. The number of halogens is 1. The van der Waals surface area contributed by atoms with Crippen LogP contribution in [-0.4, -0.2) is 17.3 Å². The molecule has 0 N–H and O–H groups in total. The number of hydrogen-bond acceptors (Lipinski definition) is 3. The lowest BCUT2D eigenvalue weighted by Gasteiger charge is -2.17. The normalized spacial score (nSPS) is 17.5. The average molecular weight is 253 g/mol. The summed E-state index contributed by atoms with van der Waals surface area (Å²) in [7, 11) is 1.59. The molecule has 3 nitrogen and oxygen atoms in total. The number of ether oxygens (including phenoxy) is 1. The highest BCUT2D eigenvalue weighted by Gasteiger charge is 2.10. The fourth-order valence-corrected chi connectivity index (χ4v) is 2.37. The second-order valence-corrected chi connectivity index (χ2v) is 4.78. The molecular weight excluding hydrogens is 236 g/mol. The van der Waals surface area contributed by atoms with Crippen LogP contribution in [0.4, 0.5) is 0 Å². The molecule has 1 heterocycles. The Labute approximate surface area is 107 Å². The van der Waals surface area contributed by atoms with Gasteiger partial charge in [-0.15, -0.1) is 10.2 Å². The second kappa shape index (κ2) is 6.01. The van der Waals surface area contributed by atoms with Crippen molar-refractivity contribution in [1.82, 2.24) is 10.2 Å². The Bertz CT molecular complexity index is 400. The van der Waals surface area contributed by atoms with Gasteiger partial charge in [0, 0.05) is 5.56 Å². The molecule has 0 amide bonds. The number of hydrogen-bond donors (Lipinski definition) is 0. The number of allylic oxidation sites excluding steroid dienone is 1. The lowest BCUT2D eigenvalue weighted by atomic mass is 9.89. The Morgan fingerprint density at radius 1 is 1.29 bits per heavy atom. The summed E-state index contributed by atoms with van der Waals surface area (Å²) < 4.78 is 5.16. The molecule has 0 saturated heterocycles. The van der Waals surface area contributed by atoms with Crippen LogP contribution in [-0.2, 0) is 0 Å². The Kier molecular flexibility index (Phi) is 4.37. The van der Waals surface area contributed by atoms with Gasteiger partial charge in [0.25, 0.3) is 0 Å². The molecule has 0 aliphatic heterocycles. The molecule has 0 atom stereocenters. The molecule has 0 unspecified atom stereocenters. The van der Waals surface area contributed by atoms with Crippen LogP contribution in [0.15, 0.2) is 12.1 Å². The third-order valence-electron chi connectivity index (χ3n) is 3.15. The smallest absolute Gasteiger partial charge is 0.240 e. The zero-order valence-corrected chi connectivity index (χ0v) is 10.8. The zero-order valence-electron chi connectivity index (χ0n) is 10.0. The fourth-order valence-electron chi connectivity index (χ4n) is 2.21. The van der Waals surface area contributed by atoms with E-state index in [2.05, 4.69) is 22.3 Å². The van der Waals surface area contributed by atoms with Gasteiger partial charge in [0.05, 0.1) is 7.11 Å². The predicted octanol–water partition coefficient (Wildman–Crippen LogP) is 3.73. The van der Waals surface area contributed by atoms with Crippen LogP contribution in [0.5, 0.6) is 5.88 Å². The van der Waals surface area contributed by atoms with Crippen LogP contribution in [0.2, 0.25) is 5.15 Å². The van der Waals surface area contributed by atoms with Gasteiger partial charge in [-0.25, -0.2) is 0 Å². The minimum Gasteiger partial charge on any atom is -0.479 e. The van der Waals surface area contributed by atoms with Crippen LogP contribution in [0.3, 0.4) is 0 Å². The lowest BCUT2D eigenvalue weighted by Crippen LogP contribution is -2.02. The van der Waals surface area contributed by atoms with E-state index in [0.29, 0.717) is 17.0 Å². The number of nitrogens with zero attached hydrogens (tertiary/aromatic N) is 2. The summed E-state index contributed by atoms with van der Waals surface area (Å²) in [5.41, 5.74) is 0.901. The second-order valence-electron chi connectivity index (χ2n) is 4.39. The summed E-state index contributed by atoms with van der Waals surface area (Å²) >= 11 is 5.83. The van der Waals surface area contributed by atoms with E-state index in [0.717, 1.165) is 5.56 Å². The SMILES string of the molecule is COc1nnc(Cl)cc1/C=C/C1CCCCC1. The highest BCUT2D eigenvalue weighted by Crippen LogP contribution is 2.26. The Morgan fingerprint density at radius 3 is 2.76 bits per heavy atom. The maximum Gasteiger partial charge on any atom is 0.240 e. The fraction of sp³-hybridized carbons (Fsp3) is 0.538. The van der Waals surface area contributed by atoms with E-state index in [4.69, 9.17) is 16.3 Å². The van der Waals surface area contributed by atoms with Crippen LogP contribution < -0.4 is 4.74 Å². The maximum absolute atomic E-state index is 5.83. The average Bonchev–Trinajstić information content (AvgIpc) is 2.38. The van der Waals surface area contributed by atoms with Crippen molar-refractivity contribution in [2.24, 2.45) is 5.92 Å². The summed E-state index contributed by atoms with van der Waals surface area (Å²) in [6, 6.07) is 1.78. The standard InChI is InChI=1S/C13H17ClN2O/c1-17-13-11(9-12(14)15-16-13)8-7-10-5-3-2-4-6-10/h7-10H,2-6H2,1H3/b8-7+. The highest BCUT2D eigenvalue weighted by atomic mass is 35.5. The van der Waals surface area contributed by atoms with Crippen LogP contribution in [0.1, 0.15) is 37.7 Å². The molecule has 1 aromatic rings. The van der Waals surface area contributed by atoms with Gasteiger partial charge >= 0.3 is 0 Å². The molecule has 1 saturated carbocycles. The van der Waals surface area contributed by atoms with Crippen molar-refractivity contribution in [2.75, 3.05) is 7.11 Å². The molecular formula is C13H17ClN2O. The van der Waals surface area contributed by atoms with Crippen molar-refractivity contribution in [2.45, 2.75) is 32.1 Å².